The smallest absolute Gasteiger partial charge is 0.302 e. The minimum absolute atomic E-state index is 0.00377. The van der Waals surface area contributed by atoms with Gasteiger partial charge in [-0.05, 0) is 64.0 Å². The van der Waals surface area contributed by atoms with E-state index in [0.29, 0.717) is 24.8 Å². The molecule has 0 saturated carbocycles. The molecule has 0 fully saturated rings. The van der Waals surface area contributed by atoms with Gasteiger partial charge in [0.25, 0.3) is 0 Å². The molecule has 5 heteroatoms. The van der Waals surface area contributed by atoms with Gasteiger partial charge in [0.15, 0.2) is 0 Å². The number of esters is 1. The summed E-state index contributed by atoms with van der Waals surface area (Å²) in [4.78, 5) is 11.1. The molecular weight excluding hydrogens is 344 g/mol. The molecule has 3 N–H and O–H groups in total. The Morgan fingerprint density at radius 1 is 0.963 bits per heavy atom. The number of hydrogen-bond acceptors (Lipinski definition) is 5. The van der Waals surface area contributed by atoms with E-state index in [9.17, 15) is 15.0 Å². The SMILES string of the molecule is CC(=O)OC/C(=C/CC/C(=C/CC/C(C)=C\CO)CO)C(O)CC=C(C)C. The van der Waals surface area contributed by atoms with E-state index >= 15 is 0 Å². The van der Waals surface area contributed by atoms with E-state index in [-0.39, 0.29) is 25.8 Å². The second-order valence-corrected chi connectivity index (χ2v) is 6.92. The van der Waals surface area contributed by atoms with Crippen LogP contribution in [0.4, 0.5) is 0 Å². The molecule has 0 rings (SSSR count). The Labute approximate surface area is 163 Å². The lowest BCUT2D eigenvalue weighted by Gasteiger charge is -2.14. The second-order valence-electron chi connectivity index (χ2n) is 6.92. The Hall–Kier alpha value is -1.69. The van der Waals surface area contributed by atoms with Crippen LogP contribution in [0.15, 0.2) is 46.6 Å². The lowest BCUT2D eigenvalue weighted by molar-refractivity contribution is -0.140. The van der Waals surface area contributed by atoms with Crippen molar-refractivity contribution >= 4 is 5.97 Å². The topological polar surface area (TPSA) is 87.0 Å². The van der Waals surface area contributed by atoms with E-state index in [0.717, 1.165) is 29.6 Å². The van der Waals surface area contributed by atoms with Gasteiger partial charge in [0, 0.05) is 6.92 Å². The van der Waals surface area contributed by atoms with Crippen LogP contribution in [0.3, 0.4) is 0 Å². The standard InChI is InChI=1S/C22H36O5/c1-17(2)11-12-22(26)21(16-27-19(4)25)10-6-9-20(15-24)8-5-7-18(3)13-14-23/h8,10-11,13,22-24,26H,5-7,9,12,14-16H2,1-4H3/b18-13-,20-8-,21-10-. The number of hydrogen-bond donors (Lipinski definition) is 3. The third kappa shape index (κ3) is 14.1. The summed E-state index contributed by atoms with van der Waals surface area (Å²) in [5.41, 5.74) is 3.87. The van der Waals surface area contributed by atoms with Gasteiger partial charge in [-0.25, -0.2) is 0 Å². The third-order valence-corrected chi connectivity index (χ3v) is 4.11. The number of ether oxygens (including phenoxy) is 1. The summed E-state index contributed by atoms with van der Waals surface area (Å²) in [5.74, 6) is -0.377. The van der Waals surface area contributed by atoms with Gasteiger partial charge in [0.05, 0.1) is 19.3 Å². The third-order valence-electron chi connectivity index (χ3n) is 4.11. The highest BCUT2D eigenvalue weighted by atomic mass is 16.5. The average molecular weight is 381 g/mol. The molecule has 1 atom stereocenters. The maximum absolute atomic E-state index is 11.1. The predicted molar refractivity (Wildman–Crippen MR) is 109 cm³/mol. The zero-order chi connectivity index (χ0) is 20.7. The molecule has 0 spiro atoms. The lowest BCUT2D eigenvalue weighted by atomic mass is 10.0. The molecule has 0 amide bonds. The van der Waals surface area contributed by atoms with Gasteiger partial charge >= 0.3 is 5.97 Å². The fourth-order valence-electron chi connectivity index (χ4n) is 2.43. The highest BCUT2D eigenvalue weighted by molar-refractivity contribution is 5.66. The largest absolute Gasteiger partial charge is 0.461 e. The minimum Gasteiger partial charge on any atom is -0.461 e. The quantitative estimate of drug-likeness (QED) is 0.336. The first kappa shape index (κ1) is 25.3. The summed E-state index contributed by atoms with van der Waals surface area (Å²) >= 11 is 0. The van der Waals surface area contributed by atoms with Gasteiger partial charge in [-0.15, -0.1) is 0 Å². The van der Waals surface area contributed by atoms with Gasteiger partial charge in [-0.2, -0.15) is 0 Å². The van der Waals surface area contributed by atoms with E-state index in [1.54, 1.807) is 6.08 Å². The molecule has 0 aliphatic rings. The van der Waals surface area contributed by atoms with Crippen molar-refractivity contribution in [2.24, 2.45) is 0 Å². The normalized spacial score (nSPS) is 14.1. The van der Waals surface area contributed by atoms with E-state index in [4.69, 9.17) is 9.84 Å². The lowest BCUT2D eigenvalue weighted by Crippen LogP contribution is -2.16. The summed E-state index contributed by atoms with van der Waals surface area (Å²) < 4.78 is 5.05. The zero-order valence-electron chi connectivity index (χ0n) is 17.2. The van der Waals surface area contributed by atoms with Crippen LogP contribution in [-0.2, 0) is 9.53 Å². The molecule has 0 aromatic heterocycles. The molecule has 0 heterocycles. The van der Waals surface area contributed by atoms with Crippen molar-refractivity contribution in [3.63, 3.8) is 0 Å². The van der Waals surface area contributed by atoms with Crippen LogP contribution in [0.2, 0.25) is 0 Å². The summed E-state index contributed by atoms with van der Waals surface area (Å²) in [5, 5.41) is 28.7. The number of rotatable bonds is 13. The molecule has 0 aromatic rings. The van der Waals surface area contributed by atoms with E-state index in [1.807, 2.05) is 39.0 Å². The van der Waals surface area contributed by atoms with E-state index in [2.05, 4.69) is 0 Å². The predicted octanol–water partition coefficient (Wildman–Crippen LogP) is 3.61. The number of allylic oxidation sites excluding steroid dienone is 4. The molecule has 154 valence electrons. The molecule has 27 heavy (non-hydrogen) atoms. The van der Waals surface area contributed by atoms with Crippen molar-refractivity contribution in [2.75, 3.05) is 19.8 Å². The van der Waals surface area contributed by atoms with Gasteiger partial charge in [-0.3, -0.25) is 4.79 Å². The first-order chi connectivity index (χ1) is 12.8. The van der Waals surface area contributed by atoms with Crippen LogP contribution >= 0.6 is 0 Å². The maximum Gasteiger partial charge on any atom is 0.302 e. The first-order valence-electron chi connectivity index (χ1n) is 9.49. The Balaban J connectivity index is 4.80. The number of carbonyl (C=O) groups excluding carboxylic acids is 1. The molecule has 0 saturated heterocycles. The molecule has 0 radical (unpaired) electrons. The summed E-state index contributed by atoms with van der Waals surface area (Å²) in [6.45, 7) is 7.39. The maximum atomic E-state index is 11.1. The fraction of sp³-hybridized carbons (Fsp3) is 0.591. The Morgan fingerprint density at radius 3 is 2.19 bits per heavy atom. The summed E-state index contributed by atoms with van der Waals surface area (Å²) in [7, 11) is 0. The summed E-state index contributed by atoms with van der Waals surface area (Å²) in [6.07, 6.45) is 10.4. The molecule has 1 unspecified atom stereocenters. The first-order valence-corrected chi connectivity index (χ1v) is 9.49. The molecular formula is C22H36O5. The Morgan fingerprint density at radius 2 is 1.63 bits per heavy atom. The highest BCUT2D eigenvalue weighted by Crippen LogP contribution is 2.15. The highest BCUT2D eigenvalue weighted by Gasteiger charge is 2.11. The monoisotopic (exact) mass is 380 g/mol. The van der Waals surface area contributed by atoms with Crippen molar-refractivity contribution in [2.45, 2.75) is 65.9 Å². The van der Waals surface area contributed by atoms with Crippen LogP contribution in [0, 0.1) is 0 Å². The fourth-order valence-corrected chi connectivity index (χ4v) is 2.43. The summed E-state index contributed by atoms with van der Waals surface area (Å²) in [6, 6.07) is 0. The van der Waals surface area contributed by atoms with Crippen molar-refractivity contribution in [3.8, 4) is 0 Å². The van der Waals surface area contributed by atoms with Crippen molar-refractivity contribution in [1.82, 2.24) is 0 Å². The molecule has 0 aromatic carbocycles. The van der Waals surface area contributed by atoms with Crippen molar-refractivity contribution in [3.05, 3.63) is 46.6 Å². The Kier molecular flexibility index (Phi) is 14.4. The van der Waals surface area contributed by atoms with Gasteiger partial charge in [-0.1, -0.05) is 35.5 Å². The average Bonchev–Trinajstić information content (AvgIpc) is 2.60. The van der Waals surface area contributed by atoms with E-state index in [1.165, 1.54) is 6.92 Å². The Bertz CT molecular complexity index is 551. The van der Waals surface area contributed by atoms with Crippen LogP contribution < -0.4 is 0 Å². The molecule has 0 bridgehead atoms. The van der Waals surface area contributed by atoms with Crippen LogP contribution in [0.1, 0.15) is 59.8 Å². The number of aliphatic hydroxyl groups is 3. The number of carbonyl (C=O) groups is 1. The van der Waals surface area contributed by atoms with Crippen LogP contribution in [0.25, 0.3) is 0 Å². The van der Waals surface area contributed by atoms with Gasteiger partial charge in [0.1, 0.15) is 6.61 Å². The van der Waals surface area contributed by atoms with Crippen molar-refractivity contribution < 1.29 is 24.9 Å². The van der Waals surface area contributed by atoms with Gasteiger partial charge < -0.3 is 20.1 Å². The minimum atomic E-state index is -0.688. The van der Waals surface area contributed by atoms with Crippen molar-refractivity contribution in [1.29, 1.82) is 0 Å². The molecule has 5 nitrogen and oxygen atoms in total. The van der Waals surface area contributed by atoms with Crippen LogP contribution in [-0.4, -0.2) is 47.2 Å². The second kappa shape index (κ2) is 15.4. The van der Waals surface area contributed by atoms with E-state index < -0.39 is 6.10 Å². The van der Waals surface area contributed by atoms with Crippen LogP contribution in [0.5, 0.6) is 0 Å². The molecule has 0 aliphatic heterocycles. The van der Waals surface area contributed by atoms with Gasteiger partial charge in [0.2, 0.25) is 0 Å². The molecule has 0 aliphatic carbocycles. The number of aliphatic hydroxyl groups excluding tert-OH is 3. The zero-order valence-corrected chi connectivity index (χ0v) is 17.2.